The van der Waals surface area contributed by atoms with Crippen LogP contribution in [0.1, 0.15) is 47.5 Å². The highest BCUT2D eigenvalue weighted by Crippen LogP contribution is 2.24. The van der Waals surface area contributed by atoms with Crippen molar-refractivity contribution in [3.63, 3.8) is 0 Å². The molecule has 1 unspecified atom stereocenters. The Labute approximate surface area is 178 Å². The fourth-order valence-electron chi connectivity index (χ4n) is 3.44. The molecular formula is C21H36N2O7. The van der Waals surface area contributed by atoms with Crippen LogP contribution in [0.5, 0.6) is 0 Å². The summed E-state index contributed by atoms with van der Waals surface area (Å²) >= 11 is 0. The van der Waals surface area contributed by atoms with Crippen molar-refractivity contribution in [2.75, 3.05) is 20.3 Å². The lowest BCUT2D eigenvalue weighted by Gasteiger charge is -2.32. The number of likely N-dealkylation sites (tertiary alicyclic amines) is 1. The van der Waals surface area contributed by atoms with Gasteiger partial charge in [0.05, 0.1) is 25.9 Å². The number of carbonyl (C=O) groups is 3. The predicted molar refractivity (Wildman–Crippen MR) is 111 cm³/mol. The number of carbonyl (C=O) groups excluding carboxylic acids is 3. The van der Waals surface area contributed by atoms with E-state index in [2.05, 4.69) is 11.9 Å². The summed E-state index contributed by atoms with van der Waals surface area (Å²) in [5.41, 5.74) is -0.736. The van der Waals surface area contributed by atoms with Gasteiger partial charge in [-0.05, 0) is 40.0 Å². The van der Waals surface area contributed by atoms with Crippen LogP contribution in [0, 0.1) is 5.92 Å². The van der Waals surface area contributed by atoms with E-state index in [1.807, 2.05) is 13.8 Å². The Morgan fingerprint density at radius 3 is 2.47 bits per heavy atom. The van der Waals surface area contributed by atoms with E-state index in [1.54, 1.807) is 26.8 Å². The topological polar surface area (TPSA) is 114 Å². The van der Waals surface area contributed by atoms with E-state index in [9.17, 15) is 19.5 Å². The van der Waals surface area contributed by atoms with Crippen molar-refractivity contribution in [1.29, 1.82) is 0 Å². The molecule has 1 saturated heterocycles. The lowest BCUT2D eigenvalue weighted by molar-refractivity contribution is -0.152. The number of β-amino-alcohol motifs (C(OH)–C–C–N with tert-alkyl or cyclic N) is 1. The number of rotatable bonds is 9. The van der Waals surface area contributed by atoms with Crippen molar-refractivity contribution in [2.45, 2.75) is 77.4 Å². The van der Waals surface area contributed by atoms with Gasteiger partial charge in [0, 0.05) is 13.0 Å². The maximum absolute atomic E-state index is 13.3. The molecule has 0 radical (unpaired) electrons. The van der Waals surface area contributed by atoms with Gasteiger partial charge in [-0.15, -0.1) is 6.58 Å². The fraction of sp³-hybridized carbons (Fsp3) is 0.762. The quantitative estimate of drug-likeness (QED) is 0.424. The molecule has 0 saturated carbocycles. The minimum Gasteiger partial charge on any atom is -0.467 e. The third-order valence-corrected chi connectivity index (χ3v) is 4.74. The Morgan fingerprint density at radius 1 is 1.30 bits per heavy atom. The van der Waals surface area contributed by atoms with Crippen LogP contribution in [-0.4, -0.2) is 78.1 Å². The molecule has 172 valence electrons. The van der Waals surface area contributed by atoms with Crippen LogP contribution >= 0.6 is 0 Å². The average molecular weight is 429 g/mol. The number of aliphatic hydroxyl groups is 1. The molecule has 1 aliphatic heterocycles. The standard InChI is InChI=1S/C21H36N2O7/c1-8-9-29-14(3)10-13(2)17(22-20(27)30-21(4,5)6)18(25)23-12-15(24)11-16(23)19(26)28-7/h8,13-17,24H,1,9-12H2,2-7H3,(H,22,27)/t13-,14+,15-,16+,17?/m1/s1. The molecule has 0 aromatic rings. The molecule has 1 fully saturated rings. The molecule has 0 spiro atoms. The number of methoxy groups -OCH3 is 1. The second kappa shape index (κ2) is 11.3. The normalized spacial score (nSPS) is 22.0. The molecule has 2 amide bonds. The molecule has 30 heavy (non-hydrogen) atoms. The van der Waals surface area contributed by atoms with E-state index >= 15 is 0 Å². The van der Waals surface area contributed by atoms with Crippen LogP contribution in [0.3, 0.4) is 0 Å². The first kappa shape index (κ1) is 25.9. The molecule has 0 bridgehead atoms. The van der Waals surface area contributed by atoms with Gasteiger partial charge in [-0.25, -0.2) is 9.59 Å². The molecule has 0 aromatic heterocycles. The number of hydrogen-bond acceptors (Lipinski definition) is 7. The third kappa shape index (κ3) is 7.95. The summed E-state index contributed by atoms with van der Waals surface area (Å²) in [6, 6.07) is -1.87. The van der Waals surface area contributed by atoms with Crippen LogP contribution in [0.2, 0.25) is 0 Å². The van der Waals surface area contributed by atoms with Crippen LogP contribution in [0.4, 0.5) is 4.79 Å². The first-order valence-corrected chi connectivity index (χ1v) is 10.2. The fourth-order valence-corrected chi connectivity index (χ4v) is 3.44. The summed E-state index contributed by atoms with van der Waals surface area (Å²) in [5.74, 6) is -1.41. The molecule has 5 atom stereocenters. The summed E-state index contributed by atoms with van der Waals surface area (Å²) in [5, 5.41) is 12.7. The van der Waals surface area contributed by atoms with Crippen molar-refractivity contribution < 1.29 is 33.7 Å². The molecule has 0 aliphatic carbocycles. The van der Waals surface area contributed by atoms with E-state index in [0.717, 1.165) is 0 Å². The van der Waals surface area contributed by atoms with Gasteiger partial charge in [0.1, 0.15) is 17.7 Å². The maximum atomic E-state index is 13.3. The molecule has 1 rings (SSSR count). The van der Waals surface area contributed by atoms with E-state index < -0.39 is 41.8 Å². The largest absolute Gasteiger partial charge is 0.467 e. The van der Waals surface area contributed by atoms with Crippen LogP contribution in [-0.2, 0) is 23.8 Å². The van der Waals surface area contributed by atoms with E-state index in [4.69, 9.17) is 14.2 Å². The molecule has 9 heteroatoms. The summed E-state index contributed by atoms with van der Waals surface area (Å²) in [7, 11) is 1.23. The Balaban J connectivity index is 3.05. The number of nitrogens with one attached hydrogen (secondary N) is 1. The molecule has 1 heterocycles. The van der Waals surface area contributed by atoms with Crippen molar-refractivity contribution in [1.82, 2.24) is 10.2 Å². The number of ether oxygens (including phenoxy) is 3. The summed E-state index contributed by atoms with van der Waals surface area (Å²) < 4.78 is 15.7. The van der Waals surface area contributed by atoms with Crippen LogP contribution in [0.25, 0.3) is 0 Å². The number of aliphatic hydroxyl groups excluding tert-OH is 1. The Kier molecular flexibility index (Phi) is 9.77. The SMILES string of the molecule is C=CCO[C@@H](C)C[C@@H](C)C(NC(=O)OC(C)(C)C)C(=O)N1C[C@H](O)C[C@H]1C(=O)OC. The monoisotopic (exact) mass is 428 g/mol. The molecule has 1 aliphatic rings. The number of amides is 2. The Morgan fingerprint density at radius 2 is 1.93 bits per heavy atom. The van der Waals surface area contributed by atoms with E-state index in [-0.39, 0.29) is 25.0 Å². The van der Waals surface area contributed by atoms with Crippen molar-refractivity contribution in [3.8, 4) is 0 Å². The highest BCUT2D eigenvalue weighted by Gasteiger charge is 2.43. The van der Waals surface area contributed by atoms with Gasteiger partial charge >= 0.3 is 12.1 Å². The van der Waals surface area contributed by atoms with Gasteiger partial charge in [0.2, 0.25) is 5.91 Å². The number of nitrogens with zero attached hydrogens (tertiary/aromatic N) is 1. The molecule has 0 aromatic carbocycles. The van der Waals surface area contributed by atoms with E-state index in [0.29, 0.717) is 13.0 Å². The van der Waals surface area contributed by atoms with Gasteiger partial charge in [-0.2, -0.15) is 0 Å². The van der Waals surface area contributed by atoms with Gasteiger partial charge < -0.3 is 29.5 Å². The first-order chi connectivity index (χ1) is 13.9. The zero-order valence-electron chi connectivity index (χ0n) is 18.8. The molecule has 2 N–H and O–H groups in total. The Hall–Kier alpha value is -2.13. The smallest absolute Gasteiger partial charge is 0.408 e. The predicted octanol–water partition coefficient (Wildman–Crippen LogP) is 1.63. The lowest BCUT2D eigenvalue weighted by atomic mass is 9.94. The summed E-state index contributed by atoms with van der Waals surface area (Å²) in [6.07, 6.45) is 0.431. The number of esters is 1. The van der Waals surface area contributed by atoms with Gasteiger partial charge in [0.25, 0.3) is 0 Å². The summed E-state index contributed by atoms with van der Waals surface area (Å²) in [4.78, 5) is 39.1. The van der Waals surface area contributed by atoms with Gasteiger partial charge in [-0.3, -0.25) is 4.79 Å². The second-order valence-electron chi connectivity index (χ2n) is 8.69. The molecular weight excluding hydrogens is 392 g/mol. The van der Waals surface area contributed by atoms with Crippen molar-refractivity contribution in [3.05, 3.63) is 12.7 Å². The zero-order chi connectivity index (χ0) is 23.1. The van der Waals surface area contributed by atoms with Gasteiger partial charge in [0.15, 0.2) is 0 Å². The third-order valence-electron chi connectivity index (χ3n) is 4.74. The minimum absolute atomic E-state index is 0.0136. The maximum Gasteiger partial charge on any atom is 0.408 e. The zero-order valence-corrected chi connectivity index (χ0v) is 18.8. The highest BCUT2D eigenvalue weighted by molar-refractivity contribution is 5.90. The van der Waals surface area contributed by atoms with Crippen LogP contribution < -0.4 is 5.32 Å². The van der Waals surface area contributed by atoms with Crippen molar-refractivity contribution >= 4 is 18.0 Å². The molecule has 9 nitrogen and oxygen atoms in total. The van der Waals surface area contributed by atoms with Gasteiger partial charge in [-0.1, -0.05) is 13.0 Å². The Bertz CT molecular complexity index is 617. The number of alkyl carbamates (subject to hydrolysis) is 1. The summed E-state index contributed by atoms with van der Waals surface area (Å²) in [6.45, 7) is 12.8. The highest BCUT2D eigenvalue weighted by atomic mass is 16.6. The van der Waals surface area contributed by atoms with Crippen LogP contribution in [0.15, 0.2) is 12.7 Å². The minimum atomic E-state index is -0.966. The van der Waals surface area contributed by atoms with Crippen molar-refractivity contribution in [2.24, 2.45) is 5.92 Å². The second-order valence-corrected chi connectivity index (χ2v) is 8.69. The lowest BCUT2D eigenvalue weighted by Crippen LogP contribution is -2.55. The van der Waals surface area contributed by atoms with E-state index in [1.165, 1.54) is 12.0 Å². The first-order valence-electron chi connectivity index (χ1n) is 10.2. The average Bonchev–Trinajstić information content (AvgIpc) is 3.03. The number of hydrogen-bond donors (Lipinski definition) is 2.